The molecule has 2 aliphatic heterocycles. The van der Waals surface area contributed by atoms with Gasteiger partial charge in [0.25, 0.3) is 5.56 Å². The molecular formula is C25H27N3O2. The molecule has 2 atom stereocenters. The molecule has 5 rings (SSSR count). The lowest BCUT2D eigenvalue weighted by Crippen LogP contribution is -2.42. The lowest BCUT2D eigenvalue weighted by Gasteiger charge is -2.31. The quantitative estimate of drug-likeness (QED) is 0.727. The Labute approximate surface area is 176 Å². The number of benzene rings is 2. The van der Waals surface area contributed by atoms with E-state index in [1.807, 2.05) is 37.4 Å². The van der Waals surface area contributed by atoms with Crippen molar-refractivity contribution in [2.45, 2.75) is 25.3 Å². The first-order valence-electron chi connectivity index (χ1n) is 10.5. The van der Waals surface area contributed by atoms with Gasteiger partial charge in [-0.15, -0.1) is 0 Å². The number of aromatic nitrogens is 1. The SMILES string of the molecule is COc1ccc(-c2ccn(-c3ccc4c(c3)N(C)C3CCNCC43)c(=O)c2)c(C)c1. The molecule has 30 heavy (non-hydrogen) atoms. The van der Waals surface area contributed by atoms with Crippen LogP contribution in [0, 0.1) is 6.92 Å². The molecule has 0 amide bonds. The Morgan fingerprint density at radius 2 is 1.97 bits per heavy atom. The number of nitrogens with one attached hydrogen (secondary N) is 1. The third-order valence-electron chi connectivity index (χ3n) is 6.68. The molecule has 2 aliphatic rings. The molecule has 0 radical (unpaired) electrons. The lowest BCUT2D eigenvalue weighted by atomic mass is 9.90. The van der Waals surface area contributed by atoms with E-state index >= 15 is 0 Å². The number of piperidine rings is 1. The van der Waals surface area contributed by atoms with Crippen molar-refractivity contribution < 1.29 is 4.74 Å². The molecule has 2 unspecified atom stereocenters. The van der Waals surface area contributed by atoms with Crippen molar-refractivity contribution in [2.75, 3.05) is 32.1 Å². The van der Waals surface area contributed by atoms with E-state index in [4.69, 9.17) is 4.74 Å². The molecule has 154 valence electrons. The predicted octanol–water partition coefficient (Wildman–Crippen LogP) is 3.72. The van der Waals surface area contributed by atoms with Gasteiger partial charge in [0, 0.05) is 43.5 Å². The van der Waals surface area contributed by atoms with Crippen molar-refractivity contribution >= 4 is 5.69 Å². The summed E-state index contributed by atoms with van der Waals surface area (Å²) in [5.41, 5.74) is 6.57. The number of nitrogens with zero attached hydrogens (tertiary/aromatic N) is 2. The van der Waals surface area contributed by atoms with Crippen LogP contribution in [0.25, 0.3) is 16.8 Å². The minimum absolute atomic E-state index is 0.0256. The predicted molar refractivity (Wildman–Crippen MR) is 121 cm³/mol. The highest BCUT2D eigenvalue weighted by atomic mass is 16.5. The molecule has 1 saturated heterocycles. The van der Waals surface area contributed by atoms with E-state index in [9.17, 15) is 4.79 Å². The summed E-state index contributed by atoms with van der Waals surface area (Å²) in [6.45, 7) is 4.13. The normalized spacial score (nSPS) is 20.0. The van der Waals surface area contributed by atoms with E-state index in [1.165, 1.54) is 11.3 Å². The van der Waals surface area contributed by atoms with Gasteiger partial charge in [0.2, 0.25) is 0 Å². The first-order valence-corrected chi connectivity index (χ1v) is 10.5. The van der Waals surface area contributed by atoms with Gasteiger partial charge < -0.3 is 15.0 Å². The van der Waals surface area contributed by atoms with E-state index in [1.54, 1.807) is 17.7 Å². The topological polar surface area (TPSA) is 46.5 Å². The molecule has 5 nitrogen and oxygen atoms in total. The average molecular weight is 402 g/mol. The van der Waals surface area contributed by atoms with Gasteiger partial charge in [0.15, 0.2) is 0 Å². The molecule has 0 aliphatic carbocycles. The van der Waals surface area contributed by atoms with Crippen LogP contribution >= 0.6 is 0 Å². The van der Waals surface area contributed by atoms with Gasteiger partial charge in [-0.2, -0.15) is 0 Å². The number of hydrogen-bond acceptors (Lipinski definition) is 4. The Kier molecular flexibility index (Phi) is 4.63. The Morgan fingerprint density at radius 3 is 2.73 bits per heavy atom. The number of anilines is 1. The van der Waals surface area contributed by atoms with E-state index < -0.39 is 0 Å². The Bertz CT molecular complexity index is 1170. The fourth-order valence-electron chi connectivity index (χ4n) is 5.05. The molecule has 2 aromatic carbocycles. The largest absolute Gasteiger partial charge is 0.497 e. The monoisotopic (exact) mass is 401 g/mol. The van der Waals surface area contributed by atoms with Gasteiger partial charge in [-0.05, 0) is 72.5 Å². The van der Waals surface area contributed by atoms with Crippen LogP contribution in [0.1, 0.15) is 23.5 Å². The van der Waals surface area contributed by atoms with Crippen molar-refractivity contribution in [3.05, 3.63) is 76.2 Å². The molecule has 0 saturated carbocycles. The second kappa shape index (κ2) is 7.33. The fourth-order valence-corrected chi connectivity index (χ4v) is 5.05. The van der Waals surface area contributed by atoms with Crippen LogP contribution in [0.4, 0.5) is 5.69 Å². The molecule has 1 N–H and O–H groups in total. The summed E-state index contributed by atoms with van der Waals surface area (Å²) in [4.78, 5) is 15.4. The molecule has 3 heterocycles. The highest BCUT2D eigenvalue weighted by Gasteiger charge is 2.37. The highest BCUT2D eigenvalue weighted by Crippen LogP contribution is 2.43. The van der Waals surface area contributed by atoms with Crippen LogP contribution < -0.4 is 20.5 Å². The zero-order valence-corrected chi connectivity index (χ0v) is 17.7. The molecule has 5 heteroatoms. The Balaban J connectivity index is 1.51. The molecule has 0 bridgehead atoms. The van der Waals surface area contributed by atoms with Crippen molar-refractivity contribution in [3.63, 3.8) is 0 Å². The number of fused-ring (bicyclic) bond motifs is 3. The van der Waals surface area contributed by atoms with Crippen molar-refractivity contribution in [3.8, 4) is 22.6 Å². The standard InChI is InChI=1S/C25H27N3O2/c1-16-12-19(30-3)5-7-20(16)17-9-11-28(25(29)13-17)18-4-6-21-22-15-26-10-8-23(22)27(2)24(21)14-18/h4-7,9,11-14,22-23,26H,8,10,15H2,1-3H3. The van der Waals surface area contributed by atoms with E-state index in [0.717, 1.165) is 47.6 Å². The van der Waals surface area contributed by atoms with Crippen LogP contribution in [-0.4, -0.2) is 37.9 Å². The molecule has 0 spiro atoms. The number of rotatable bonds is 3. The number of likely N-dealkylation sites (N-methyl/N-ethyl adjacent to an activating group) is 1. The summed E-state index contributed by atoms with van der Waals surface area (Å²) >= 11 is 0. The maximum absolute atomic E-state index is 13.0. The van der Waals surface area contributed by atoms with Crippen molar-refractivity contribution in [1.82, 2.24) is 9.88 Å². The number of pyridine rings is 1. The summed E-state index contributed by atoms with van der Waals surface area (Å²) in [7, 11) is 3.84. The minimum Gasteiger partial charge on any atom is -0.497 e. The lowest BCUT2D eigenvalue weighted by molar-refractivity contribution is 0.413. The van der Waals surface area contributed by atoms with Crippen molar-refractivity contribution in [1.29, 1.82) is 0 Å². The Hall–Kier alpha value is -3.05. The first-order chi connectivity index (χ1) is 14.6. The molecular weight excluding hydrogens is 374 g/mol. The van der Waals surface area contributed by atoms with Gasteiger partial charge >= 0.3 is 0 Å². The average Bonchev–Trinajstić information content (AvgIpc) is 3.05. The van der Waals surface area contributed by atoms with E-state index in [2.05, 4.69) is 35.5 Å². The van der Waals surface area contributed by atoms with Crippen LogP contribution in [-0.2, 0) is 0 Å². The maximum atomic E-state index is 13.0. The van der Waals surface area contributed by atoms with E-state index in [0.29, 0.717) is 12.0 Å². The second-order valence-electron chi connectivity index (χ2n) is 8.33. The summed E-state index contributed by atoms with van der Waals surface area (Å²) in [6.07, 6.45) is 3.04. The van der Waals surface area contributed by atoms with Gasteiger partial charge in [-0.1, -0.05) is 12.1 Å². The minimum atomic E-state index is -0.0256. The van der Waals surface area contributed by atoms with Gasteiger partial charge in [0.05, 0.1) is 12.8 Å². The molecule has 1 fully saturated rings. The highest BCUT2D eigenvalue weighted by molar-refractivity contribution is 5.69. The fraction of sp³-hybridized carbons (Fsp3) is 0.320. The van der Waals surface area contributed by atoms with Crippen LogP contribution in [0.5, 0.6) is 5.75 Å². The molecule has 3 aromatic rings. The van der Waals surface area contributed by atoms with Crippen LogP contribution in [0.2, 0.25) is 0 Å². The number of aryl methyl sites for hydroxylation is 1. The first kappa shape index (κ1) is 18.9. The third-order valence-corrected chi connectivity index (χ3v) is 6.68. The molecule has 1 aromatic heterocycles. The summed E-state index contributed by atoms with van der Waals surface area (Å²) in [5, 5.41) is 3.52. The smallest absolute Gasteiger partial charge is 0.255 e. The number of methoxy groups -OCH3 is 1. The van der Waals surface area contributed by atoms with Crippen molar-refractivity contribution in [2.24, 2.45) is 0 Å². The third kappa shape index (κ3) is 3.01. The van der Waals surface area contributed by atoms with Gasteiger partial charge in [-0.3, -0.25) is 9.36 Å². The maximum Gasteiger partial charge on any atom is 0.255 e. The summed E-state index contributed by atoms with van der Waals surface area (Å²) < 4.78 is 7.03. The summed E-state index contributed by atoms with van der Waals surface area (Å²) in [5.74, 6) is 1.35. The number of hydrogen-bond donors (Lipinski definition) is 1. The zero-order chi connectivity index (χ0) is 20.8. The number of ether oxygens (including phenoxy) is 1. The zero-order valence-electron chi connectivity index (χ0n) is 17.7. The van der Waals surface area contributed by atoms with Gasteiger partial charge in [0.1, 0.15) is 5.75 Å². The second-order valence-corrected chi connectivity index (χ2v) is 8.33. The van der Waals surface area contributed by atoms with Gasteiger partial charge in [-0.25, -0.2) is 0 Å². The van der Waals surface area contributed by atoms with Crippen LogP contribution in [0.3, 0.4) is 0 Å². The van der Waals surface area contributed by atoms with Crippen LogP contribution in [0.15, 0.2) is 59.5 Å². The van der Waals surface area contributed by atoms with E-state index in [-0.39, 0.29) is 5.56 Å². The summed E-state index contributed by atoms with van der Waals surface area (Å²) in [6, 6.07) is 16.6. The Morgan fingerprint density at radius 1 is 1.10 bits per heavy atom.